The van der Waals surface area contributed by atoms with Gasteiger partial charge >= 0.3 is 5.97 Å². The average Bonchev–Trinajstić information content (AvgIpc) is 2.29. The van der Waals surface area contributed by atoms with Crippen LogP contribution in [0.5, 0.6) is 5.75 Å². The zero-order chi connectivity index (χ0) is 13.3. The van der Waals surface area contributed by atoms with Crippen LogP contribution in [0, 0.1) is 10.1 Å². The van der Waals surface area contributed by atoms with E-state index in [4.69, 9.17) is 4.74 Å². The van der Waals surface area contributed by atoms with E-state index in [0.29, 0.717) is 0 Å². The highest BCUT2D eigenvalue weighted by molar-refractivity contribution is 5.88. The van der Waals surface area contributed by atoms with Gasteiger partial charge in [0.15, 0.2) is 5.75 Å². The molecule has 0 aliphatic carbocycles. The monoisotopic (exact) mass is 249 g/mol. The summed E-state index contributed by atoms with van der Waals surface area (Å²) in [6, 6.07) is 2.13. The van der Waals surface area contributed by atoms with Gasteiger partial charge in [0, 0.05) is 13.0 Å². The summed E-state index contributed by atoms with van der Waals surface area (Å²) in [5.41, 5.74) is -0.797. The molecule has 0 bridgehead atoms. The molecule has 92 valence electrons. The van der Waals surface area contributed by atoms with Crippen molar-refractivity contribution in [3.63, 3.8) is 0 Å². The second-order valence-electron chi connectivity index (χ2n) is 3.42. The van der Waals surface area contributed by atoms with Crippen LogP contribution in [-0.4, -0.2) is 20.9 Å². The van der Waals surface area contributed by atoms with E-state index in [2.05, 4.69) is 9.97 Å². The lowest BCUT2D eigenvalue weighted by Gasteiger charge is -2.04. The van der Waals surface area contributed by atoms with E-state index in [1.165, 1.54) is 0 Å². The number of nitro benzene ring substituents is 1. The molecule has 1 aromatic carbocycles. The first-order valence-corrected chi connectivity index (χ1v) is 4.83. The highest BCUT2D eigenvalue weighted by Gasteiger charge is 2.16. The molecule has 0 amide bonds. The first kappa shape index (κ1) is 11.7. The van der Waals surface area contributed by atoms with Crippen LogP contribution in [0.4, 0.5) is 5.69 Å². The van der Waals surface area contributed by atoms with Crippen molar-refractivity contribution in [1.29, 1.82) is 0 Å². The lowest BCUT2D eigenvalue weighted by molar-refractivity contribution is -0.384. The van der Waals surface area contributed by atoms with Gasteiger partial charge in [0.1, 0.15) is 5.52 Å². The quantitative estimate of drug-likeness (QED) is 0.363. The molecule has 0 unspecified atom stereocenters. The lowest BCUT2D eigenvalue weighted by atomic mass is 10.2. The Morgan fingerprint density at radius 3 is 2.83 bits per heavy atom. The number of H-pyrrole nitrogens is 1. The number of ether oxygens (including phenoxy) is 1. The Balaban J connectivity index is 2.81. The molecule has 0 radical (unpaired) electrons. The summed E-state index contributed by atoms with van der Waals surface area (Å²) in [7, 11) is 0. The molecule has 0 saturated heterocycles. The number of carbonyl (C=O) groups excluding carboxylic acids is 1. The summed E-state index contributed by atoms with van der Waals surface area (Å²) in [6.07, 6.45) is 1.13. The van der Waals surface area contributed by atoms with Gasteiger partial charge in [-0.15, -0.1) is 0 Å². The number of nitro groups is 1. The van der Waals surface area contributed by atoms with Crippen LogP contribution in [0.3, 0.4) is 0 Å². The summed E-state index contributed by atoms with van der Waals surface area (Å²) in [5.74, 6) is -0.767. The Hall–Kier alpha value is -2.77. The van der Waals surface area contributed by atoms with Gasteiger partial charge in [-0.1, -0.05) is 0 Å². The molecule has 1 N–H and O–H groups in total. The minimum absolute atomic E-state index is 0.0112. The first-order chi connectivity index (χ1) is 8.49. The Labute approximate surface area is 99.4 Å². The summed E-state index contributed by atoms with van der Waals surface area (Å²) in [5, 5.41) is 10.7. The van der Waals surface area contributed by atoms with Crippen molar-refractivity contribution < 1.29 is 14.5 Å². The first-order valence-electron chi connectivity index (χ1n) is 4.83. The second kappa shape index (κ2) is 4.24. The van der Waals surface area contributed by atoms with Crippen molar-refractivity contribution in [2.24, 2.45) is 0 Å². The minimum Gasteiger partial charge on any atom is -0.424 e. The van der Waals surface area contributed by atoms with Crippen molar-refractivity contribution in [3.05, 3.63) is 38.9 Å². The molecule has 0 atom stereocenters. The van der Waals surface area contributed by atoms with Crippen LogP contribution in [0.15, 0.2) is 23.3 Å². The van der Waals surface area contributed by atoms with Crippen LogP contribution < -0.4 is 10.3 Å². The smallest absolute Gasteiger partial charge is 0.308 e. The van der Waals surface area contributed by atoms with Gasteiger partial charge in [0.05, 0.1) is 22.7 Å². The van der Waals surface area contributed by atoms with Crippen molar-refractivity contribution in [2.45, 2.75) is 6.92 Å². The van der Waals surface area contributed by atoms with Gasteiger partial charge < -0.3 is 9.72 Å². The SMILES string of the molecule is CC(=O)Oc1cc([N+](=O)[O-])cc2c(=O)[nH]cnc12. The standard InChI is InChI=1S/C10H7N3O5/c1-5(14)18-8-3-6(13(16)17)2-7-9(8)11-4-12-10(7)15/h2-4H,1H3,(H,11,12,15). The van der Waals surface area contributed by atoms with Gasteiger partial charge in [0.2, 0.25) is 0 Å². The van der Waals surface area contributed by atoms with Crippen molar-refractivity contribution in [3.8, 4) is 5.75 Å². The number of rotatable bonds is 2. The fraction of sp³-hybridized carbons (Fsp3) is 0.100. The summed E-state index contributed by atoms with van der Waals surface area (Å²) in [4.78, 5) is 38.6. The third kappa shape index (κ3) is 2.03. The minimum atomic E-state index is -0.682. The van der Waals surface area contributed by atoms with Gasteiger partial charge in [-0.3, -0.25) is 19.7 Å². The highest BCUT2D eigenvalue weighted by atomic mass is 16.6. The predicted octanol–water partition coefficient (Wildman–Crippen LogP) is 0.757. The number of aromatic amines is 1. The molecule has 2 rings (SSSR count). The predicted molar refractivity (Wildman–Crippen MR) is 60.3 cm³/mol. The number of nitrogens with one attached hydrogen (secondary N) is 1. The van der Waals surface area contributed by atoms with E-state index in [1.54, 1.807) is 0 Å². The number of fused-ring (bicyclic) bond motifs is 1. The number of carbonyl (C=O) groups is 1. The largest absolute Gasteiger partial charge is 0.424 e. The molecule has 8 heteroatoms. The fourth-order valence-electron chi connectivity index (χ4n) is 1.47. The Morgan fingerprint density at radius 1 is 1.50 bits per heavy atom. The van der Waals surface area contributed by atoms with E-state index < -0.39 is 16.5 Å². The molecule has 0 saturated carbocycles. The normalized spacial score (nSPS) is 10.3. The Morgan fingerprint density at radius 2 is 2.22 bits per heavy atom. The van der Waals surface area contributed by atoms with E-state index >= 15 is 0 Å². The van der Waals surface area contributed by atoms with Gasteiger partial charge in [-0.2, -0.15) is 0 Å². The highest BCUT2D eigenvalue weighted by Crippen LogP contribution is 2.27. The van der Waals surface area contributed by atoms with E-state index in [1.807, 2.05) is 0 Å². The van der Waals surface area contributed by atoms with E-state index in [9.17, 15) is 19.7 Å². The molecule has 0 aliphatic heterocycles. The van der Waals surface area contributed by atoms with Crippen molar-refractivity contribution >= 4 is 22.6 Å². The molecule has 18 heavy (non-hydrogen) atoms. The van der Waals surface area contributed by atoms with Crippen LogP contribution >= 0.6 is 0 Å². The summed E-state index contributed by atoms with van der Waals surface area (Å²) >= 11 is 0. The molecular formula is C10H7N3O5. The fourth-order valence-corrected chi connectivity index (χ4v) is 1.47. The maximum Gasteiger partial charge on any atom is 0.308 e. The molecule has 0 fully saturated rings. The van der Waals surface area contributed by atoms with Crippen LogP contribution in [0.2, 0.25) is 0 Å². The number of aromatic nitrogens is 2. The molecule has 0 aliphatic rings. The third-order valence-corrected chi connectivity index (χ3v) is 2.16. The molecular weight excluding hydrogens is 242 g/mol. The maximum atomic E-state index is 11.5. The average molecular weight is 249 g/mol. The maximum absolute atomic E-state index is 11.5. The van der Waals surface area contributed by atoms with Crippen LogP contribution in [-0.2, 0) is 4.79 Å². The third-order valence-electron chi connectivity index (χ3n) is 2.16. The van der Waals surface area contributed by atoms with E-state index in [0.717, 1.165) is 25.4 Å². The number of esters is 1. The molecule has 0 spiro atoms. The van der Waals surface area contributed by atoms with Crippen LogP contribution in [0.25, 0.3) is 10.9 Å². The van der Waals surface area contributed by atoms with Crippen molar-refractivity contribution in [2.75, 3.05) is 0 Å². The molecule has 2 aromatic rings. The van der Waals surface area contributed by atoms with Gasteiger partial charge in [-0.05, 0) is 0 Å². The number of non-ortho nitro benzene ring substituents is 1. The molecule has 1 aromatic heterocycles. The summed E-state index contributed by atoms with van der Waals surface area (Å²) in [6.45, 7) is 1.15. The lowest BCUT2D eigenvalue weighted by Crippen LogP contribution is -2.09. The zero-order valence-corrected chi connectivity index (χ0v) is 9.17. The zero-order valence-electron chi connectivity index (χ0n) is 9.17. The Kier molecular flexibility index (Phi) is 2.76. The number of nitrogens with zero attached hydrogens (tertiary/aromatic N) is 2. The van der Waals surface area contributed by atoms with Crippen molar-refractivity contribution in [1.82, 2.24) is 9.97 Å². The summed E-state index contributed by atoms with van der Waals surface area (Å²) < 4.78 is 4.81. The number of benzene rings is 1. The van der Waals surface area contributed by atoms with Crippen LogP contribution in [0.1, 0.15) is 6.92 Å². The van der Waals surface area contributed by atoms with Gasteiger partial charge in [0.25, 0.3) is 11.2 Å². The number of hydrogen-bond acceptors (Lipinski definition) is 6. The topological polar surface area (TPSA) is 115 Å². The number of hydrogen-bond donors (Lipinski definition) is 1. The molecule has 8 nitrogen and oxygen atoms in total. The second-order valence-corrected chi connectivity index (χ2v) is 3.42. The molecule has 1 heterocycles. The van der Waals surface area contributed by atoms with Gasteiger partial charge in [-0.25, -0.2) is 4.98 Å². The Bertz CT molecular complexity index is 706. The van der Waals surface area contributed by atoms with E-state index in [-0.39, 0.29) is 22.3 Å².